The molecule has 10 heteroatoms. The molecule has 0 fully saturated rings. The normalized spacial score (nSPS) is 17.6. The maximum atomic E-state index is 12.4. The largest absolute Gasteiger partial charge is 0.357 e. The van der Waals surface area contributed by atoms with Crippen molar-refractivity contribution in [2.24, 2.45) is 4.99 Å². The average Bonchev–Trinajstić information content (AvgIpc) is 3.26. The van der Waals surface area contributed by atoms with Crippen LogP contribution >= 0.6 is 24.0 Å². The van der Waals surface area contributed by atoms with Crippen LogP contribution in [0.15, 0.2) is 29.3 Å². The predicted molar refractivity (Wildman–Crippen MR) is 132 cm³/mol. The van der Waals surface area contributed by atoms with E-state index in [1.165, 1.54) is 4.90 Å². The number of aromatic nitrogens is 3. The minimum atomic E-state index is -0.198. The van der Waals surface area contributed by atoms with E-state index in [2.05, 4.69) is 25.7 Å². The van der Waals surface area contributed by atoms with Gasteiger partial charge in [0, 0.05) is 26.2 Å². The molecule has 0 saturated heterocycles. The summed E-state index contributed by atoms with van der Waals surface area (Å²) in [5.41, 5.74) is 0.999. The molecule has 1 atom stereocenters. The number of aryl methyl sites for hydroxylation is 2. The summed E-state index contributed by atoms with van der Waals surface area (Å²) in [7, 11) is 0. The summed E-state index contributed by atoms with van der Waals surface area (Å²) in [5.74, 6) is 2.10. The van der Waals surface area contributed by atoms with Crippen LogP contribution in [0.4, 0.5) is 0 Å². The topological polar surface area (TPSA) is 105 Å². The van der Waals surface area contributed by atoms with Crippen molar-refractivity contribution in [2.75, 3.05) is 19.6 Å². The van der Waals surface area contributed by atoms with Crippen LogP contribution in [0.1, 0.15) is 71.0 Å². The van der Waals surface area contributed by atoms with E-state index in [1.807, 2.05) is 18.5 Å². The number of hydrogen-bond acceptors (Lipinski definition) is 5. The number of benzene rings is 1. The second-order valence-corrected chi connectivity index (χ2v) is 7.85. The molecule has 4 rings (SSSR count). The molecule has 172 valence electrons. The van der Waals surface area contributed by atoms with Gasteiger partial charge < -0.3 is 10.6 Å². The van der Waals surface area contributed by atoms with Crippen LogP contribution in [0.5, 0.6) is 0 Å². The molecular weight excluding hydrogens is 521 g/mol. The van der Waals surface area contributed by atoms with Crippen molar-refractivity contribution in [1.29, 1.82) is 0 Å². The fourth-order valence-corrected chi connectivity index (χ4v) is 4.10. The number of unbranched alkanes of at least 4 members (excludes halogenated alkanes) is 1. The first-order valence-corrected chi connectivity index (χ1v) is 11.0. The highest BCUT2D eigenvalue weighted by atomic mass is 127. The number of halogens is 1. The van der Waals surface area contributed by atoms with Gasteiger partial charge in [-0.2, -0.15) is 5.10 Å². The molecule has 0 saturated carbocycles. The second kappa shape index (κ2) is 10.9. The number of aliphatic imine (C=N–C) groups is 1. The average molecular weight is 551 g/mol. The Morgan fingerprint density at radius 1 is 1.19 bits per heavy atom. The molecule has 0 radical (unpaired) electrons. The summed E-state index contributed by atoms with van der Waals surface area (Å²) >= 11 is 0. The summed E-state index contributed by atoms with van der Waals surface area (Å²) in [6.45, 7) is 6.63. The highest BCUT2D eigenvalue weighted by Gasteiger charge is 2.34. The number of nitrogens with zero attached hydrogens (tertiary/aromatic N) is 5. The van der Waals surface area contributed by atoms with Gasteiger partial charge in [-0.15, -0.1) is 24.0 Å². The summed E-state index contributed by atoms with van der Waals surface area (Å²) in [5, 5.41) is 11.2. The van der Waals surface area contributed by atoms with Gasteiger partial charge >= 0.3 is 0 Å². The lowest BCUT2D eigenvalue weighted by Crippen LogP contribution is -2.41. The van der Waals surface area contributed by atoms with Gasteiger partial charge in [0.15, 0.2) is 5.96 Å². The molecule has 0 bridgehead atoms. The quantitative estimate of drug-likeness (QED) is 0.180. The van der Waals surface area contributed by atoms with Gasteiger partial charge in [-0.05, 0) is 51.7 Å². The summed E-state index contributed by atoms with van der Waals surface area (Å²) in [6, 6.07) is 7.08. The number of hydrogen-bond donors (Lipinski definition) is 2. The van der Waals surface area contributed by atoms with Crippen LogP contribution in [0.3, 0.4) is 0 Å². The minimum absolute atomic E-state index is 0. The van der Waals surface area contributed by atoms with E-state index in [9.17, 15) is 9.59 Å². The highest BCUT2D eigenvalue weighted by molar-refractivity contribution is 14.0. The van der Waals surface area contributed by atoms with Gasteiger partial charge in [0.2, 0.25) is 0 Å². The fraction of sp³-hybridized carbons (Fsp3) is 0.500. The van der Waals surface area contributed by atoms with Crippen molar-refractivity contribution in [1.82, 2.24) is 30.3 Å². The molecule has 1 aromatic heterocycles. The number of amides is 2. The van der Waals surface area contributed by atoms with Crippen molar-refractivity contribution in [2.45, 2.75) is 52.1 Å². The predicted octanol–water partition coefficient (Wildman–Crippen LogP) is 2.67. The zero-order valence-electron chi connectivity index (χ0n) is 18.5. The third kappa shape index (κ3) is 5.11. The van der Waals surface area contributed by atoms with Crippen molar-refractivity contribution in [3.8, 4) is 0 Å². The third-order valence-corrected chi connectivity index (χ3v) is 5.57. The van der Waals surface area contributed by atoms with Crippen molar-refractivity contribution in [3.63, 3.8) is 0 Å². The molecule has 0 spiro atoms. The zero-order valence-corrected chi connectivity index (χ0v) is 20.8. The van der Waals surface area contributed by atoms with E-state index < -0.39 is 0 Å². The lowest BCUT2D eigenvalue weighted by atomic mass is 10.1. The van der Waals surface area contributed by atoms with Gasteiger partial charge in [-0.1, -0.05) is 12.1 Å². The zero-order chi connectivity index (χ0) is 21.8. The Hall–Kier alpha value is -2.50. The van der Waals surface area contributed by atoms with Crippen LogP contribution in [-0.2, 0) is 6.54 Å². The van der Waals surface area contributed by atoms with Gasteiger partial charge in [-0.3, -0.25) is 19.5 Å². The Balaban J connectivity index is 0.00000289. The molecule has 1 aromatic carbocycles. The number of guanidine groups is 1. The molecule has 0 aliphatic carbocycles. The SMILES string of the molecule is CCNC(=NCCCCN1C(=O)c2ccccc2C1=O)NC1CCCn2nc(C)nc21.I. The molecule has 2 aliphatic heterocycles. The van der Waals surface area contributed by atoms with Gasteiger partial charge in [-0.25, -0.2) is 9.67 Å². The first-order chi connectivity index (χ1) is 15.1. The number of fused-ring (bicyclic) bond motifs is 2. The fourth-order valence-electron chi connectivity index (χ4n) is 4.10. The highest BCUT2D eigenvalue weighted by Crippen LogP contribution is 2.23. The lowest BCUT2D eigenvalue weighted by molar-refractivity contribution is 0.0652. The smallest absolute Gasteiger partial charge is 0.261 e. The Morgan fingerprint density at radius 3 is 2.59 bits per heavy atom. The van der Waals surface area contributed by atoms with Crippen LogP contribution in [-0.4, -0.2) is 57.1 Å². The van der Waals surface area contributed by atoms with Crippen LogP contribution < -0.4 is 10.6 Å². The van der Waals surface area contributed by atoms with Crippen molar-refractivity contribution >= 4 is 41.8 Å². The molecule has 32 heavy (non-hydrogen) atoms. The molecule has 2 aliphatic rings. The number of carbonyl (C=O) groups is 2. The first kappa shape index (κ1) is 24.1. The van der Waals surface area contributed by atoms with E-state index in [0.29, 0.717) is 30.6 Å². The minimum Gasteiger partial charge on any atom is -0.357 e. The van der Waals surface area contributed by atoms with Crippen LogP contribution in [0.2, 0.25) is 0 Å². The number of nitrogens with one attached hydrogen (secondary N) is 2. The van der Waals surface area contributed by atoms with E-state index >= 15 is 0 Å². The molecule has 2 amide bonds. The number of rotatable bonds is 7. The van der Waals surface area contributed by atoms with Gasteiger partial charge in [0.25, 0.3) is 11.8 Å². The lowest BCUT2D eigenvalue weighted by Gasteiger charge is -2.25. The summed E-state index contributed by atoms with van der Waals surface area (Å²) < 4.78 is 1.97. The van der Waals surface area contributed by atoms with Gasteiger partial charge in [0.1, 0.15) is 11.6 Å². The Morgan fingerprint density at radius 2 is 1.91 bits per heavy atom. The molecule has 2 N–H and O–H groups in total. The first-order valence-electron chi connectivity index (χ1n) is 11.0. The standard InChI is InChI=1S/C22H29N7O2.HI/c1-3-23-22(26-18-11-8-14-29-19(18)25-15(2)27-29)24-12-6-7-13-28-20(30)16-9-4-5-10-17(16)21(28)31;/h4-5,9-10,18H,3,6-8,11-14H2,1-2H3,(H2,23,24,26);1H. The van der Waals surface area contributed by atoms with E-state index in [0.717, 1.165) is 50.0 Å². The Labute approximate surface area is 205 Å². The number of carbonyl (C=O) groups excluding carboxylic acids is 2. The molecule has 9 nitrogen and oxygen atoms in total. The van der Waals surface area contributed by atoms with E-state index in [1.54, 1.807) is 24.3 Å². The third-order valence-electron chi connectivity index (χ3n) is 5.57. The van der Waals surface area contributed by atoms with Crippen LogP contribution in [0, 0.1) is 6.92 Å². The monoisotopic (exact) mass is 551 g/mol. The van der Waals surface area contributed by atoms with Gasteiger partial charge in [0.05, 0.1) is 17.2 Å². The second-order valence-electron chi connectivity index (χ2n) is 7.85. The Kier molecular flexibility index (Phi) is 8.21. The maximum absolute atomic E-state index is 12.4. The van der Waals surface area contributed by atoms with Crippen molar-refractivity contribution in [3.05, 3.63) is 47.0 Å². The number of imide groups is 1. The molecule has 3 heterocycles. The Bertz CT molecular complexity index is 969. The van der Waals surface area contributed by atoms with Crippen LogP contribution in [0.25, 0.3) is 0 Å². The summed E-state index contributed by atoms with van der Waals surface area (Å²) in [4.78, 5) is 35.5. The molecular formula is C22H30IN7O2. The summed E-state index contributed by atoms with van der Waals surface area (Å²) in [6.07, 6.45) is 3.53. The molecule has 2 aromatic rings. The molecule has 1 unspecified atom stereocenters. The van der Waals surface area contributed by atoms with Crippen molar-refractivity contribution < 1.29 is 9.59 Å². The van der Waals surface area contributed by atoms with E-state index in [-0.39, 0.29) is 41.8 Å². The maximum Gasteiger partial charge on any atom is 0.261 e. The van der Waals surface area contributed by atoms with E-state index in [4.69, 9.17) is 0 Å².